The summed E-state index contributed by atoms with van der Waals surface area (Å²) < 4.78 is 44.9. The van der Waals surface area contributed by atoms with Gasteiger partial charge in [-0.2, -0.15) is 13.2 Å². The smallest absolute Gasteiger partial charge is 0.416 e. The zero-order valence-corrected chi connectivity index (χ0v) is 13.6. The summed E-state index contributed by atoms with van der Waals surface area (Å²) in [6, 6.07) is 4.66. The Morgan fingerprint density at radius 3 is 2.52 bits per heavy atom. The van der Waals surface area contributed by atoms with Crippen molar-refractivity contribution in [2.24, 2.45) is 0 Å². The second-order valence-electron chi connectivity index (χ2n) is 5.50. The number of aromatic carboxylic acids is 1. The Morgan fingerprint density at radius 1 is 1.26 bits per heavy atom. The molecule has 3 N–H and O–H groups in total. The standard InChI is InChI=1S/C16H11F3N4O4/c1-7-10(12-21-22-15(20)27-12)6-11(14(25)26)13(24)23(7)9-4-2-3-8(5-9)16(17,18)19/h2-6H,1H3,(H2,20,22)(H,25,26). The van der Waals surface area contributed by atoms with Gasteiger partial charge in [-0.15, -0.1) is 5.10 Å². The van der Waals surface area contributed by atoms with Gasteiger partial charge in [-0.25, -0.2) is 4.79 Å². The lowest BCUT2D eigenvalue weighted by atomic mass is 10.1. The van der Waals surface area contributed by atoms with Gasteiger partial charge in [0.15, 0.2) is 0 Å². The summed E-state index contributed by atoms with van der Waals surface area (Å²) in [4.78, 5) is 24.0. The van der Waals surface area contributed by atoms with Crippen molar-refractivity contribution in [1.29, 1.82) is 0 Å². The molecule has 0 aliphatic rings. The highest BCUT2D eigenvalue weighted by Crippen LogP contribution is 2.31. The van der Waals surface area contributed by atoms with Crippen molar-refractivity contribution in [1.82, 2.24) is 14.8 Å². The second kappa shape index (κ2) is 6.27. The van der Waals surface area contributed by atoms with Crippen molar-refractivity contribution in [2.45, 2.75) is 13.1 Å². The molecule has 3 rings (SSSR count). The minimum atomic E-state index is -4.64. The predicted molar refractivity (Wildman–Crippen MR) is 86.4 cm³/mol. The molecule has 0 spiro atoms. The number of halogens is 3. The largest absolute Gasteiger partial charge is 0.477 e. The Balaban J connectivity index is 2.34. The monoisotopic (exact) mass is 380 g/mol. The maximum absolute atomic E-state index is 13.0. The Kier molecular flexibility index (Phi) is 4.22. The van der Waals surface area contributed by atoms with Gasteiger partial charge in [0.2, 0.25) is 0 Å². The third kappa shape index (κ3) is 3.26. The molecule has 27 heavy (non-hydrogen) atoms. The molecule has 1 aromatic carbocycles. The molecule has 3 aromatic rings. The molecule has 0 unspecified atom stereocenters. The van der Waals surface area contributed by atoms with Gasteiger partial charge >= 0.3 is 18.2 Å². The Hall–Kier alpha value is -3.63. The summed E-state index contributed by atoms with van der Waals surface area (Å²) in [6.45, 7) is 1.41. The van der Waals surface area contributed by atoms with E-state index in [1.165, 1.54) is 13.0 Å². The average molecular weight is 380 g/mol. The van der Waals surface area contributed by atoms with Crippen LogP contribution in [-0.2, 0) is 6.18 Å². The van der Waals surface area contributed by atoms with Gasteiger partial charge < -0.3 is 15.3 Å². The molecule has 0 fully saturated rings. The van der Waals surface area contributed by atoms with Crippen molar-refractivity contribution >= 4 is 12.0 Å². The number of nitrogens with zero attached hydrogens (tertiary/aromatic N) is 3. The van der Waals surface area contributed by atoms with Crippen LogP contribution in [0.4, 0.5) is 19.2 Å². The summed E-state index contributed by atoms with van der Waals surface area (Å²) in [5.74, 6) is -1.73. The first-order chi connectivity index (χ1) is 12.6. The lowest BCUT2D eigenvalue weighted by Crippen LogP contribution is -2.27. The molecular weight excluding hydrogens is 369 g/mol. The minimum Gasteiger partial charge on any atom is -0.477 e. The highest BCUT2D eigenvalue weighted by atomic mass is 19.4. The summed E-state index contributed by atoms with van der Waals surface area (Å²) >= 11 is 0. The quantitative estimate of drug-likeness (QED) is 0.715. The highest BCUT2D eigenvalue weighted by molar-refractivity contribution is 5.89. The summed E-state index contributed by atoms with van der Waals surface area (Å²) in [5.41, 5.74) is 2.68. The number of pyridine rings is 1. The fourth-order valence-electron chi connectivity index (χ4n) is 2.55. The van der Waals surface area contributed by atoms with E-state index in [9.17, 15) is 27.9 Å². The molecule has 0 saturated carbocycles. The van der Waals surface area contributed by atoms with Gasteiger partial charge in [0, 0.05) is 11.4 Å². The van der Waals surface area contributed by atoms with Gasteiger partial charge in [0.25, 0.3) is 11.4 Å². The molecule has 8 nitrogen and oxygen atoms in total. The van der Waals surface area contributed by atoms with Crippen LogP contribution < -0.4 is 11.3 Å². The van der Waals surface area contributed by atoms with Gasteiger partial charge in [0.05, 0.1) is 11.1 Å². The summed E-state index contributed by atoms with van der Waals surface area (Å²) in [7, 11) is 0. The number of hydrogen-bond acceptors (Lipinski definition) is 6. The summed E-state index contributed by atoms with van der Waals surface area (Å²) in [5, 5.41) is 16.4. The number of hydrogen-bond donors (Lipinski definition) is 2. The van der Waals surface area contributed by atoms with Crippen LogP contribution in [-0.4, -0.2) is 25.8 Å². The maximum atomic E-state index is 13.0. The molecule has 0 radical (unpaired) electrons. The normalized spacial score (nSPS) is 11.6. The van der Waals surface area contributed by atoms with Crippen molar-refractivity contribution in [2.75, 3.05) is 5.73 Å². The predicted octanol–water partition coefficient (Wildman–Crippen LogP) is 2.50. The SMILES string of the molecule is Cc1c(-c2nnc(N)o2)cc(C(=O)O)c(=O)n1-c1cccc(C(F)(F)F)c1. The first-order valence-electron chi connectivity index (χ1n) is 7.36. The molecule has 2 aromatic heterocycles. The van der Waals surface area contributed by atoms with Crippen LogP contribution in [0.5, 0.6) is 0 Å². The summed E-state index contributed by atoms with van der Waals surface area (Å²) in [6.07, 6.45) is -4.64. The number of carboxylic acids is 1. The Morgan fingerprint density at radius 2 is 1.96 bits per heavy atom. The number of alkyl halides is 3. The third-order valence-electron chi connectivity index (χ3n) is 3.78. The van der Waals surface area contributed by atoms with Gasteiger partial charge in [0.1, 0.15) is 5.56 Å². The molecule has 140 valence electrons. The van der Waals surface area contributed by atoms with E-state index in [1.54, 1.807) is 0 Å². The Bertz CT molecular complexity index is 1100. The zero-order valence-electron chi connectivity index (χ0n) is 13.6. The van der Waals surface area contributed by atoms with Crippen LogP contribution in [0.2, 0.25) is 0 Å². The fraction of sp³-hybridized carbons (Fsp3) is 0.125. The lowest BCUT2D eigenvalue weighted by Gasteiger charge is -2.15. The van der Waals surface area contributed by atoms with Crippen LogP contribution in [0, 0.1) is 6.92 Å². The topological polar surface area (TPSA) is 124 Å². The number of benzene rings is 1. The first kappa shape index (κ1) is 18.2. The van der Waals surface area contributed by atoms with Crippen molar-refractivity contribution in [3.63, 3.8) is 0 Å². The van der Waals surface area contributed by atoms with Crippen LogP contribution >= 0.6 is 0 Å². The van der Waals surface area contributed by atoms with E-state index in [0.717, 1.165) is 28.8 Å². The number of carbonyl (C=O) groups is 1. The molecular formula is C16H11F3N4O4. The number of nitrogen functional groups attached to an aromatic ring is 1. The molecule has 0 aliphatic carbocycles. The molecule has 0 aliphatic heterocycles. The van der Waals surface area contributed by atoms with E-state index in [4.69, 9.17) is 10.2 Å². The number of carboxylic acid groups (broad SMARTS) is 1. The molecule has 11 heteroatoms. The minimum absolute atomic E-state index is 0.0496. The van der Waals surface area contributed by atoms with E-state index in [2.05, 4.69) is 10.2 Å². The van der Waals surface area contributed by atoms with Gasteiger partial charge in [-0.3, -0.25) is 9.36 Å². The van der Waals surface area contributed by atoms with E-state index < -0.39 is 28.8 Å². The Labute approximate surface area is 148 Å². The number of nitrogens with two attached hydrogens (primary N) is 1. The number of anilines is 1. The lowest BCUT2D eigenvalue weighted by molar-refractivity contribution is -0.137. The molecule has 0 bridgehead atoms. The van der Waals surface area contributed by atoms with Crippen molar-refractivity contribution in [3.8, 4) is 17.1 Å². The second-order valence-corrected chi connectivity index (χ2v) is 5.50. The van der Waals surface area contributed by atoms with Crippen LogP contribution in [0.3, 0.4) is 0 Å². The van der Waals surface area contributed by atoms with Gasteiger partial charge in [-0.05, 0) is 31.2 Å². The average Bonchev–Trinajstić information content (AvgIpc) is 3.00. The molecule has 0 amide bonds. The molecule has 0 atom stereocenters. The highest BCUT2D eigenvalue weighted by Gasteiger charge is 2.31. The van der Waals surface area contributed by atoms with E-state index in [0.29, 0.717) is 0 Å². The van der Waals surface area contributed by atoms with Gasteiger partial charge in [-0.1, -0.05) is 11.2 Å². The fourth-order valence-corrected chi connectivity index (χ4v) is 2.55. The maximum Gasteiger partial charge on any atom is 0.416 e. The van der Waals surface area contributed by atoms with Crippen LogP contribution in [0.15, 0.2) is 39.5 Å². The third-order valence-corrected chi connectivity index (χ3v) is 3.78. The van der Waals surface area contributed by atoms with E-state index >= 15 is 0 Å². The molecule has 2 heterocycles. The van der Waals surface area contributed by atoms with Crippen molar-refractivity contribution in [3.05, 3.63) is 57.5 Å². The van der Waals surface area contributed by atoms with Crippen molar-refractivity contribution < 1.29 is 27.5 Å². The van der Waals surface area contributed by atoms with Crippen LogP contribution in [0.1, 0.15) is 21.6 Å². The number of aromatic nitrogens is 3. The zero-order chi connectivity index (χ0) is 19.9. The molecule has 0 saturated heterocycles. The number of rotatable bonds is 3. The van der Waals surface area contributed by atoms with E-state index in [-0.39, 0.29) is 28.9 Å². The first-order valence-corrected chi connectivity index (χ1v) is 7.36. The van der Waals surface area contributed by atoms with Crippen LogP contribution in [0.25, 0.3) is 17.1 Å². The van der Waals surface area contributed by atoms with E-state index in [1.807, 2.05) is 0 Å².